The first-order chi connectivity index (χ1) is 36.4. The number of pyridine rings is 2. The standard InChI is InChI=1S/2C33H39BrN2O2/c2*1-23(2)25-13-11-24(12-14-25)17-18-33(37,19-20-36(3)4)31(26-9-7-6-8-10-26)29-22-27-21-28(34)15-16-30(27)35-32(29)38-5/h2*6-16,21-23,31,37H,17-20H2,1-5H3. The van der Waals surface area contributed by atoms with Crippen molar-refractivity contribution in [3.05, 3.63) is 211 Å². The molecule has 0 spiro atoms. The average molecular weight is 1150 g/mol. The highest BCUT2D eigenvalue weighted by atomic mass is 79.9. The highest BCUT2D eigenvalue weighted by Crippen LogP contribution is 2.46. The molecule has 8 rings (SSSR count). The number of benzene rings is 6. The lowest BCUT2D eigenvalue weighted by molar-refractivity contribution is 0.000435. The van der Waals surface area contributed by atoms with Gasteiger partial charge in [-0.05, 0) is 160 Å². The summed E-state index contributed by atoms with van der Waals surface area (Å²) in [4.78, 5) is 14.0. The number of rotatable bonds is 22. The SMILES string of the molecule is COc1nc2ccc(Br)cc2cc1C(c1ccccc1)C(O)(CCc1ccc(C(C)C)cc1)CCN(C)C.COc1nc2ccc(Br)cc2cc1C(c1ccccc1)C(O)(CCc1ccc(C(C)C)cc1)CCN(C)C. The number of ether oxygens (including phenoxy) is 2. The zero-order chi connectivity index (χ0) is 54.6. The molecule has 0 aliphatic carbocycles. The van der Waals surface area contributed by atoms with Crippen LogP contribution in [0, 0.1) is 0 Å². The number of hydrogen-bond acceptors (Lipinski definition) is 8. The fourth-order valence-electron chi connectivity index (χ4n) is 10.4. The van der Waals surface area contributed by atoms with Crippen LogP contribution in [0.2, 0.25) is 0 Å². The summed E-state index contributed by atoms with van der Waals surface area (Å²) in [5, 5.41) is 27.3. The second-order valence-electron chi connectivity index (χ2n) is 21.6. The maximum Gasteiger partial charge on any atom is 0.217 e. The highest BCUT2D eigenvalue weighted by Gasteiger charge is 2.42. The largest absolute Gasteiger partial charge is 0.481 e. The number of halogens is 2. The predicted octanol–water partition coefficient (Wildman–Crippen LogP) is 15.2. The Kier molecular flexibility index (Phi) is 20.5. The molecular formula is C66H78Br2N4O4. The Morgan fingerprint density at radius 2 is 0.816 bits per heavy atom. The van der Waals surface area contributed by atoms with Gasteiger partial charge in [0.15, 0.2) is 0 Å². The second-order valence-corrected chi connectivity index (χ2v) is 23.5. The van der Waals surface area contributed by atoms with Crippen LogP contribution in [-0.4, -0.2) is 96.7 Å². The number of hydrogen-bond donors (Lipinski definition) is 2. The lowest BCUT2D eigenvalue weighted by Gasteiger charge is -2.38. The first kappa shape index (κ1) is 58.2. The first-order valence-electron chi connectivity index (χ1n) is 26.7. The summed E-state index contributed by atoms with van der Waals surface area (Å²) in [6, 6.07) is 54.6. The summed E-state index contributed by atoms with van der Waals surface area (Å²) in [5.74, 6) is 1.47. The molecule has 4 atom stereocenters. The normalized spacial score (nSPS) is 14.1. The van der Waals surface area contributed by atoms with E-state index in [1.54, 1.807) is 14.2 Å². The number of nitrogens with zero attached hydrogens (tertiary/aromatic N) is 4. The molecule has 0 bridgehead atoms. The smallest absolute Gasteiger partial charge is 0.217 e. The molecule has 0 fully saturated rings. The monoisotopic (exact) mass is 1150 g/mol. The van der Waals surface area contributed by atoms with E-state index >= 15 is 0 Å². The van der Waals surface area contributed by atoms with Gasteiger partial charge in [-0.3, -0.25) is 0 Å². The van der Waals surface area contributed by atoms with Gasteiger partial charge in [0.25, 0.3) is 0 Å². The van der Waals surface area contributed by atoms with Crippen molar-refractivity contribution in [2.45, 2.75) is 101 Å². The summed E-state index contributed by atoms with van der Waals surface area (Å²) in [6.45, 7) is 10.4. The highest BCUT2D eigenvalue weighted by molar-refractivity contribution is 9.10. The zero-order valence-electron chi connectivity index (χ0n) is 46.2. The van der Waals surface area contributed by atoms with Crippen molar-refractivity contribution in [3.8, 4) is 11.8 Å². The molecule has 10 heteroatoms. The lowest BCUT2D eigenvalue weighted by Crippen LogP contribution is -2.40. The van der Waals surface area contributed by atoms with E-state index in [0.29, 0.717) is 49.3 Å². The molecular weight excluding hydrogens is 1070 g/mol. The van der Waals surface area contributed by atoms with E-state index < -0.39 is 11.2 Å². The van der Waals surface area contributed by atoms with Crippen molar-refractivity contribution in [1.82, 2.24) is 19.8 Å². The van der Waals surface area contributed by atoms with E-state index in [9.17, 15) is 10.2 Å². The van der Waals surface area contributed by atoms with Crippen LogP contribution in [0.4, 0.5) is 0 Å². The van der Waals surface area contributed by atoms with E-state index in [1.165, 1.54) is 22.3 Å². The zero-order valence-corrected chi connectivity index (χ0v) is 49.4. The van der Waals surface area contributed by atoms with Crippen molar-refractivity contribution in [1.29, 1.82) is 0 Å². The third-order valence-electron chi connectivity index (χ3n) is 14.9. The van der Waals surface area contributed by atoms with Crippen LogP contribution in [0.3, 0.4) is 0 Å². The minimum Gasteiger partial charge on any atom is -0.481 e. The van der Waals surface area contributed by atoms with Crippen molar-refractivity contribution < 1.29 is 19.7 Å². The Balaban J connectivity index is 0.000000221. The summed E-state index contributed by atoms with van der Waals surface area (Å²) in [6.07, 6.45) is 4.01. The first-order valence-corrected chi connectivity index (χ1v) is 28.3. The van der Waals surface area contributed by atoms with Gasteiger partial charge in [-0.2, -0.15) is 0 Å². The third kappa shape index (κ3) is 15.0. The maximum atomic E-state index is 12.7. The molecule has 0 saturated heterocycles. The van der Waals surface area contributed by atoms with Crippen LogP contribution < -0.4 is 9.47 Å². The van der Waals surface area contributed by atoms with Crippen LogP contribution in [-0.2, 0) is 12.8 Å². The Morgan fingerprint density at radius 3 is 1.13 bits per heavy atom. The van der Waals surface area contributed by atoms with Crippen LogP contribution in [0.1, 0.15) is 122 Å². The molecule has 8 nitrogen and oxygen atoms in total. The molecule has 8 aromatic rings. The van der Waals surface area contributed by atoms with Crippen LogP contribution in [0.15, 0.2) is 167 Å². The molecule has 0 aliphatic rings. The lowest BCUT2D eigenvalue weighted by atomic mass is 9.72. The molecule has 0 aliphatic heterocycles. The number of aryl methyl sites for hydroxylation is 2. The summed E-state index contributed by atoms with van der Waals surface area (Å²) < 4.78 is 13.7. The van der Waals surface area contributed by atoms with Gasteiger partial charge in [0, 0.05) is 55.8 Å². The summed E-state index contributed by atoms with van der Waals surface area (Å²) in [7, 11) is 11.5. The average Bonchev–Trinajstić information content (AvgIpc) is 3.42. The molecule has 4 unspecified atom stereocenters. The van der Waals surface area contributed by atoms with Crippen molar-refractivity contribution >= 4 is 53.7 Å². The number of methoxy groups -OCH3 is 2. The van der Waals surface area contributed by atoms with Gasteiger partial charge in [0.05, 0.1) is 36.5 Å². The Bertz CT molecular complexity index is 2890. The minimum absolute atomic E-state index is 0.315. The van der Waals surface area contributed by atoms with Gasteiger partial charge in [-0.15, -0.1) is 0 Å². The summed E-state index contributed by atoms with van der Waals surface area (Å²) >= 11 is 7.21. The van der Waals surface area contributed by atoms with E-state index in [-0.39, 0.29) is 11.8 Å². The van der Waals surface area contributed by atoms with Gasteiger partial charge in [-0.25, -0.2) is 9.97 Å². The molecule has 0 radical (unpaired) electrons. The summed E-state index contributed by atoms with van der Waals surface area (Å²) in [5.41, 5.74) is 8.71. The molecule has 2 aromatic heterocycles. The van der Waals surface area contributed by atoms with Crippen molar-refractivity contribution in [2.24, 2.45) is 0 Å². The van der Waals surface area contributed by atoms with Gasteiger partial charge in [0.1, 0.15) is 0 Å². The van der Waals surface area contributed by atoms with Crippen LogP contribution in [0.5, 0.6) is 11.8 Å². The molecule has 0 amide bonds. The topological polar surface area (TPSA) is 91.2 Å². The molecule has 76 heavy (non-hydrogen) atoms. The minimum atomic E-state index is -1.03. The van der Waals surface area contributed by atoms with Crippen LogP contribution in [0.25, 0.3) is 21.8 Å². The molecule has 400 valence electrons. The fraction of sp³-hybridized carbons (Fsp3) is 0.364. The number of aromatic nitrogens is 2. The van der Waals surface area contributed by atoms with Crippen molar-refractivity contribution in [2.75, 3.05) is 55.5 Å². The Labute approximate surface area is 469 Å². The maximum absolute atomic E-state index is 12.7. The van der Waals surface area contributed by atoms with Crippen LogP contribution >= 0.6 is 31.9 Å². The van der Waals surface area contributed by atoms with Crippen molar-refractivity contribution in [3.63, 3.8) is 0 Å². The van der Waals surface area contributed by atoms with E-state index in [0.717, 1.165) is 78.9 Å². The number of aliphatic hydroxyl groups is 2. The van der Waals surface area contributed by atoms with Gasteiger partial charge in [-0.1, -0.05) is 169 Å². The van der Waals surface area contributed by atoms with E-state index in [1.807, 2.05) is 60.7 Å². The Hall–Kier alpha value is -5.46. The van der Waals surface area contributed by atoms with E-state index in [2.05, 4.69) is 195 Å². The van der Waals surface area contributed by atoms with E-state index in [4.69, 9.17) is 19.4 Å². The van der Waals surface area contributed by atoms with Gasteiger partial charge >= 0.3 is 0 Å². The predicted molar refractivity (Wildman–Crippen MR) is 323 cm³/mol. The number of fused-ring (bicyclic) bond motifs is 2. The van der Waals surface area contributed by atoms with Gasteiger partial charge in [0.2, 0.25) is 11.8 Å². The molecule has 0 saturated carbocycles. The molecule has 2 heterocycles. The Morgan fingerprint density at radius 1 is 0.461 bits per heavy atom. The second kappa shape index (κ2) is 26.7. The molecule has 2 N–H and O–H groups in total. The third-order valence-corrected chi connectivity index (χ3v) is 15.8. The molecule has 6 aromatic carbocycles. The van der Waals surface area contributed by atoms with Gasteiger partial charge < -0.3 is 29.5 Å². The fourth-order valence-corrected chi connectivity index (χ4v) is 11.2. The quantitative estimate of drug-likeness (QED) is 0.0694.